The number of para-hydroxylation sites is 1. The van der Waals surface area contributed by atoms with Gasteiger partial charge in [0, 0.05) is 33.7 Å². The van der Waals surface area contributed by atoms with E-state index in [1.54, 1.807) is 18.6 Å². The zero-order chi connectivity index (χ0) is 23.8. The highest BCUT2D eigenvalue weighted by Gasteiger charge is 2.17. The van der Waals surface area contributed by atoms with Gasteiger partial charge in [-0.2, -0.15) is 5.10 Å². The van der Waals surface area contributed by atoms with Gasteiger partial charge >= 0.3 is 0 Å². The van der Waals surface area contributed by atoms with Crippen LogP contribution in [0.5, 0.6) is 5.75 Å². The molecule has 1 amide bonds. The summed E-state index contributed by atoms with van der Waals surface area (Å²) in [4.78, 5) is 16.5. The van der Waals surface area contributed by atoms with Crippen molar-refractivity contribution in [1.82, 2.24) is 25.2 Å². The van der Waals surface area contributed by atoms with Crippen LogP contribution in [-0.4, -0.2) is 44.2 Å². The number of carbonyl (C=O) groups excluding carboxylic acids is 1. The molecule has 0 bridgehead atoms. The highest BCUT2D eigenvalue weighted by Crippen LogP contribution is 2.27. The van der Waals surface area contributed by atoms with Crippen LogP contribution in [0, 0.1) is 0 Å². The summed E-state index contributed by atoms with van der Waals surface area (Å²) in [5, 5.41) is 13.4. The fourth-order valence-corrected chi connectivity index (χ4v) is 4.23. The smallest absolute Gasteiger partial charge is 0.250 e. The number of ether oxygens (including phenoxy) is 1. The fourth-order valence-electron chi connectivity index (χ4n) is 3.10. The Kier molecular flexibility index (Phi) is 8.05. The molecule has 1 N–H and O–H groups in total. The van der Waals surface area contributed by atoms with E-state index in [-0.39, 0.29) is 11.7 Å². The molecule has 0 saturated heterocycles. The number of hydrazone groups is 1. The lowest BCUT2D eigenvalue weighted by Gasteiger charge is -2.10. The van der Waals surface area contributed by atoms with Crippen LogP contribution >= 0.6 is 27.7 Å². The van der Waals surface area contributed by atoms with Gasteiger partial charge in [0.1, 0.15) is 5.75 Å². The maximum Gasteiger partial charge on any atom is 0.250 e. The van der Waals surface area contributed by atoms with Crippen LogP contribution in [0.15, 0.2) is 87.8 Å². The molecule has 0 spiro atoms. The first-order valence-electron chi connectivity index (χ1n) is 10.4. The first kappa shape index (κ1) is 23.7. The highest BCUT2D eigenvalue weighted by molar-refractivity contribution is 9.10. The quantitative estimate of drug-likeness (QED) is 0.189. The zero-order valence-electron chi connectivity index (χ0n) is 18.3. The molecule has 0 radical (unpaired) electrons. The fraction of sp³-hybridized carbons (Fsp3) is 0.125. The number of halogens is 1. The Labute approximate surface area is 209 Å². The first-order chi connectivity index (χ1) is 16.7. The number of aromatic nitrogens is 4. The van der Waals surface area contributed by atoms with Gasteiger partial charge in [-0.05, 0) is 49.4 Å². The zero-order valence-corrected chi connectivity index (χ0v) is 20.7. The number of benzene rings is 2. The summed E-state index contributed by atoms with van der Waals surface area (Å²) in [7, 11) is 0. The predicted octanol–water partition coefficient (Wildman–Crippen LogP) is 4.73. The molecule has 0 fully saturated rings. The Bertz CT molecular complexity index is 1280. The van der Waals surface area contributed by atoms with Crippen LogP contribution in [0.4, 0.5) is 0 Å². The lowest BCUT2D eigenvalue weighted by Crippen LogP contribution is -2.20. The van der Waals surface area contributed by atoms with Crippen LogP contribution in [0.25, 0.3) is 17.1 Å². The molecule has 0 atom stereocenters. The number of nitrogens with zero attached hydrogens (tertiary/aromatic N) is 5. The van der Waals surface area contributed by atoms with Crippen LogP contribution in [0.3, 0.4) is 0 Å². The Balaban J connectivity index is 1.47. The largest absolute Gasteiger partial charge is 0.493 e. The van der Waals surface area contributed by atoms with Crippen molar-refractivity contribution < 1.29 is 9.53 Å². The summed E-state index contributed by atoms with van der Waals surface area (Å²) < 4.78 is 8.41. The van der Waals surface area contributed by atoms with Gasteiger partial charge in [0.2, 0.25) is 0 Å². The number of amides is 1. The van der Waals surface area contributed by atoms with E-state index < -0.39 is 0 Å². The maximum absolute atomic E-state index is 12.5. The average Bonchev–Trinajstić information content (AvgIpc) is 3.29. The molecule has 8 nitrogen and oxygen atoms in total. The van der Waals surface area contributed by atoms with Gasteiger partial charge in [-0.3, -0.25) is 14.3 Å². The topological polar surface area (TPSA) is 94.3 Å². The Morgan fingerprint density at radius 1 is 1.15 bits per heavy atom. The number of rotatable bonds is 9. The molecule has 0 aliphatic rings. The van der Waals surface area contributed by atoms with Gasteiger partial charge in [-0.1, -0.05) is 45.9 Å². The number of pyridine rings is 1. The lowest BCUT2D eigenvalue weighted by molar-refractivity contribution is -0.118. The summed E-state index contributed by atoms with van der Waals surface area (Å²) in [5.74, 6) is 1.22. The van der Waals surface area contributed by atoms with E-state index in [0.29, 0.717) is 23.3 Å². The van der Waals surface area contributed by atoms with E-state index in [0.717, 1.165) is 21.3 Å². The van der Waals surface area contributed by atoms with Crippen LogP contribution < -0.4 is 10.2 Å². The Morgan fingerprint density at radius 3 is 2.71 bits per heavy atom. The van der Waals surface area contributed by atoms with Crippen molar-refractivity contribution in [3.05, 3.63) is 83.1 Å². The van der Waals surface area contributed by atoms with E-state index in [4.69, 9.17) is 4.74 Å². The van der Waals surface area contributed by atoms with Gasteiger partial charge in [-0.15, -0.1) is 10.2 Å². The molecule has 2 aromatic carbocycles. The number of thioether (sulfide) groups is 1. The summed E-state index contributed by atoms with van der Waals surface area (Å²) in [5.41, 5.74) is 5.10. The molecule has 10 heteroatoms. The molecule has 4 rings (SSSR count). The Hall–Kier alpha value is -3.50. The predicted molar refractivity (Wildman–Crippen MR) is 136 cm³/mol. The molecular weight excluding hydrogens is 516 g/mol. The maximum atomic E-state index is 12.5. The SMILES string of the molecule is CCOc1ccc(Br)cc1C=NNC(=O)CSc1nnc(-c2ccncc2)n1-c1ccccc1. The molecule has 2 heterocycles. The van der Waals surface area contributed by atoms with E-state index in [9.17, 15) is 4.79 Å². The Morgan fingerprint density at radius 2 is 1.94 bits per heavy atom. The van der Waals surface area contributed by atoms with E-state index >= 15 is 0 Å². The minimum Gasteiger partial charge on any atom is -0.493 e. The second-order valence-corrected chi connectivity index (χ2v) is 8.77. The molecule has 34 heavy (non-hydrogen) atoms. The highest BCUT2D eigenvalue weighted by atomic mass is 79.9. The third kappa shape index (κ3) is 5.89. The lowest BCUT2D eigenvalue weighted by atomic mass is 10.2. The molecule has 0 aliphatic heterocycles. The third-order valence-corrected chi connectivity index (χ3v) is 6.01. The average molecular weight is 537 g/mol. The summed E-state index contributed by atoms with van der Waals surface area (Å²) in [6.45, 7) is 2.45. The molecule has 2 aromatic heterocycles. The molecule has 4 aromatic rings. The molecule has 0 unspecified atom stereocenters. The second kappa shape index (κ2) is 11.6. The summed E-state index contributed by atoms with van der Waals surface area (Å²) in [6, 6.07) is 19.1. The van der Waals surface area contributed by atoms with Crippen molar-refractivity contribution >= 4 is 39.8 Å². The normalized spacial score (nSPS) is 11.0. The van der Waals surface area contributed by atoms with Crippen molar-refractivity contribution in [2.24, 2.45) is 5.10 Å². The number of hydrogen-bond acceptors (Lipinski definition) is 7. The van der Waals surface area contributed by atoms with E-state index in [2.05, 4.69) is 41.6 Å². The monoisotopic (exact) mass is 536 g/mol. The van der Waals surface area contributed by atoms with Gasteiger partial charge in [-0.25, -0.2) is 5.43 Å². The van der Waals surface area contributed by atoms with Crippen molar-refractivity contribution in [3.63, 3.8) is 0 Å². The third-order valence-electron chi connectivity index (χ3n) is 4.58. The van der Waals surface area contributed by atoms with Crippen molar-refractivity contribution in [3.8, 4) is 22.8 Å². The van der Waals surface area contributed by atoms with Crippen molar-refractivity contribution in [2.45, 2.75) is 12.1 Å². The molecule has 0 saturated carbocycles. The number of hydrogen-bond donors (Lipinski definition) is 1. The minimum absolute atomic E-state index is 0.120. The van der Waals surface area contributed by atoms with Crippen LogP contribution in [-0.2, 0) is 4.79 Å². The van der Waals surface area contributed by atoms with E-state index in [1.165, 1.54) is 11.8 Å². The summed E-state index contributed by atoms with van der Waals surface area (Å²) >= 11 is 4.72. The second-order valence-electron chi connectivity index (χ2n) is 6.91. The number of nitrogens with one attached hydrogen (secondary N) is 1. The summed E-state index contributed by atoms with van der Waals surface area (Å²) in [6.07, 6.45) is 4.98. The van der Waals surface area contributed by atoms with Gasteiger partial charge < -0.3 is 4.74 Å². The number of carbonyl (C=O) groups is 1. The standard InChI is InChI=1S/C24H21BrN6O2S/c1-2-33-21-9-8-19(25)14-18(21)15-27-28-22(32)16-34-24-30-29-23(17-10-12-26-13-11-17)31(24)20-6-4-3-5-7-20/h3-15H,2,16H2,1H3,(H,28,32). The minimum atomic E-state index is -0.262. The molecular formula is C24H21BrN6O2S. The molecule has 172 valence electrons. The van der Waals surface area contributed by atoms with Crippen molar-refractivity contribution in [1.29, 1.82) is 0 Å². The van der Waals surface area contributed by atoms with Crippen LogP contribution in [0.2, 0.25) is 0 Å². The van der Waals surface area contributed by atoms with Gasteiger partial charge in [0.25, 0.3) is 5.91 Å². The van der Waals surface area contributed by atoms with Gasteiger partial charge in [0.15, 0.2) is 11.0 Å². The van der Waals surface area contributed by atoms with Gasteiger partial charge in [0.05, 0.1) is 18.6 Å². The van der Waals surface area contributed by atoms with E-state index in [1.807, 2.05) is 72.2 Å². The van der Waals surface area contributed by atoms with Crippen LogP contribution in [0.1, 0.15) is 12.5 Å². The van der Waals surface area contributed by atoms with Crippen molar-refractivity contribution in [2.75, 3.05) is 12.4 Å². The molecule has 0 aliphatic carbocycles. The first-order valence-corrected chi connectivity index (χ1v) is 12.2.